The van der Waals surface area contributed by atoms with Gasteiger partial charge in [0.25, 0.3) is 0 Å². The number of Topliss-reactive ketones (excluding diaryl/α,β-unsaturated/α-hetero) is 1. The first kappa shape index (κ1) is 21.5. The van der Waals surface area contributed by atoms with Crippen molar-refractivity contribution >= 4 is 39.2 Å². The van der Waals surface area contributed by atoms with Crippen molar-refractivity contribution in [3.63, 3.8) is 0 Å². The van der Waals surface area contributed by atoms with E-state index in [0.29, 0.717) is 29.4 Å². The molecule has 1 aromatic carbocycles. The Bertz CT molecular complexity index is 985. The van der Waals surface area contributed by atoms with Crippen LogP contribution in [-0.4, -0.2) is 48.2 Å². The van der Waals surface area contributed by atoms with Gasteiger partial charge in [0.1, 0.15) is 4.90 Å². The first-order valence-corrected chi connectivity index (χ1v) is 11.8. The summed E-state index contributed by atoms with van der Waals surface area (Å²) in [6.07, 6.45) is 4.15. The third kappa shape index (κ3) is 5.43. The number of hydrogen-bond acceptors (Lipinski definition) is 6. The van der Waals surface area contributed by atoms with Crippen LogP contribution in [0.25, 0.3) is 0 Å². The number of thioether (sulfide) groups is 1. The molecule has 1 fully saturated rings. The first-order valence-electron chi connectivity index (χ1n) is 9.37. The second-order valence-electron chi connectivity index (χ2n) is 6.74. The van der Waals surface area contributed by atoms with E-state index in [-0.39, 0.29) is 22.3 Å². The number of hydrogen-bond donors (Lipinski definition) is 1. The lowest BCUT2D eigenvalue weighted by molar-refractivity contribution is -0.113. The lowest BCUT2D eigenvalue weighted by Crippen LogP contribution is -2.35. The number of anilines is 1. The van der Waals surface area contributed by atoms with E-state index >= 15 is 0 Å². The number of nitrogens with one attached hydrogen (secondary N) is 1. The zero-order chi connectivity index (χ0) is 20.9. The molecule has 9 heteroatoms. The fourth-order valence-electron chi connectivity index (χ4n) is 3.08. The van der Waals surface area contributed by atoms with Gasteiger partial charge in [0.05, 0.1) is 16.5 Å². The zero-order valence-electron chi connectivity index (χ0n) is 16.1. The SMILES string of the molecule is CC(=O)c1ccccc1NC(=O)CSc1ccc(S(=O)(=O)N2CCCCC2)cn1. The second kappa shape index (κ2) is 9.51. The Labute approximate surface area is 175 Å². The van der Waals surface area contributed by atoms with Gasteiger partial charge in [0.15, 0.2) is 5.78 Å². The van der Waals surface area contributed by atoms with Gasteiger partial charge < -0.3 is 5.32 Å². The number of sulfonamides is 1. The van der Waals surface area contributed by atoms with Crippen molar-refractivity contribution in [1.82, 2.24) is 9.29 Å². The molecule has 1 aliphatic rings. The molecule has 1 aromatic heterocycles. The molecule has 2 heterocycles. The van der Waals surface area contributed by atoms with Crippen molar-refractivity contribution in [2.75, 3.05) is 24.2 Å². The maximum Gasteiger partial charge on any atom is 0.244 e. The number of carbonyl (C=O) groups is 2. The second-order valence-corrected chi connectivity index (χ2v) is 9.67. The number of carbonyl (C=O) groups excluding carboxylic acids is 2. The molecule has 1 saturated heterocycles. The van der Waals surface area contributed by atoms with Crippen LogP contribution in [0, 0.1) is 0 Å². The molecule has 0 radical (unpaired) electrons. The molecular formula is C20H23N3O4S2. The Morgan fingerprint density at radius 2 is 1.83 bits per heavy atom. The van der Waals surface area contributed by atoms with Gasteiger partial charge in [-0.3, -0.25) is 9.59 Å². The largest absolute Gasteiger partial charge is 0.325 e. The topological polar surface area (TPSA) is 96.4 Å². The number of rotatable bonds is 7. The summed E-state index contributed by atoms with van der Waals surface area (Å²) in [7, 11) is -3.51. The van der Waals surface area contributed by atoms with Gasteiger partial charge in [0, 0.05) is 24.8 Å². The quantitative estimate of drug-likeness (QED) is 0.532. The summed E-state index contributed by atoms with van der Waals surface area (Å²) in [6.45, 7) is 2.53. The maximum absolute atomic E-state index is 12.6. The number of para-hydroxylation sites is 1. The summed E-state index contributed by atoms with van der Waals surface area (Å²) in [5.41, 5.74) is 0.928. The molecule has 1 amide bonds. The molecule has 29 heavy (non-hydrogen) atoms. The van der Waals surface area contributed by atoms with Crippen LogP contribution in [0.15, 0.2) is 52.5 Å². The van der Waals surface area contributed by atoms with Crippen LogP contribution >= 0.6 is 11.8 Å². The highest BCUT2D eigenvalue weighted by Gasteiger charge is 2.26. The molecular weight excluding hydrogens is 410 g/mol. The predicted octanol–water partition coefficient (Wildman–Crippen LogP) is 3.19. The Kier molecular flexibility index (Phi) is 7.05. The van der Waals surface area contributed by atoms with Crippen LogP contribution < -0.4 is 5.32 Å². The van der Waals surface area contributed by atoms with Gasteiger partial charge in [-0.15, -0.1) is 0 Å². The van der Waals surface area contributed by atoms with E-state index in [9.17, 15) is 18.0 Å². The molecule has 2 aromatic rings. The minimum atomic E-state index is -3.51. The van der Waals surface area contributed by atoms with Gasteiger partial charge in [-0.05, 0) is 44.0 Å². The van der Waals surface area contributed by atoms with Crippen LogP contribution in [0.5, 0.6) is 0 Å². The van der Waals surface area contributed by atoms with Gasteiger partial charge in [0.2, 0.25) is 15.9 Å². The molecule has 1 N–H and O–H groups in total. The standard InChI is InChI=1S/C20H23N3O4S2/c1-15(24)17-7-3-4-8-18(17)22-19(25)14-28-20-10-9-16(13-21-20)29(26,27)23-11-5-2-6-12-23/h3-4,7-10,13H,2,5-6,11-12,14H2,1H3,(H,22,25). The summed E-state index contributed by atoms with van der Waals surface area (Å²) in [5, 5.41) is 3.28. The summed E-state index contributed by atoms with van der Waals surface area (Å²) < 4.78 is 26.8. The van der Waals surface area contributed by atoms with Crippen molar-refractivity contribution in [3.8, 4) is 0 Å². The lowest BCUT2D eigenvalue weighted by Gasteiger charge is -2.25. The molecule has 154 valence electrons. The molecule has 0 aliphatic carbocycles. The smallest absolute Gasteiger partial charge is 0.244 e. The molecule has 0 bridgehead atoms. The highest BCUT2D eigenvalue weighted by molar-refractivity contribution is 7.99. The van der Waals surface area contributed by atoms with Crippen molar-refractivity contribution in [2.45, 2.75) is 36.1 Å². The molecule has 1 aliphatic heterocycles. The van der Waals surface area contributed by atoms with Crippen LogP contribution in [0.4, 0.5) is 5.69 Å². The van der Waals surface area contributed by atoms with E-state index in [2.05, 4.69) is 10.3 Å². The lowest BCUT2D eigenvalue weighted by atomic mass is 10.1. The van der Waals surface area contributed by atoms with E-state index in [1.807, 2.05) is 0 Å². The predicted molar refractivity (Wildman–Crippen MR) is 113 cm³/mol. The number of piperidine rings is 1. The Balaban J connectivity index is 1.59. The average Bonchev–Trinajstić information content (AvgIpc) is 2.73. The number of aromatic nitrogens is 1. The van der Waals surface area contributed by atoms with E-state index in [4.69, 9.17) is 0 Å². The van der Waals surface area contributed by atoms with E-state index in [0.717, 1.165) is 19.3 Å². The van der Waals surface area contributed by atoms with Crippen LogP contribution in [0.1, 0.15) is 36.5 Å². The zero-order valence-corrected chi connectivity index (χ0v) is 17.8. The first-order chi connectivity index (χ1) is 13.9. The monoisotopic (exact) mass is 433 g/mol. The van der Waals surface area contributed by atoms with Gasteiger partial charge >= 0.3 is 0 Å². The van der Waals surface area contributed by atoms with E-state index < -0.39 is 10.0 Å². The van der Waals surface area contributed by atoms with Gasteiger partial charge in [-0.1, -0.05) is 30.3 Å². The number of pyridine rings is 1. The van der Waals surface area contributed by atoms with Crippen LogP contribution in [-0.2, 0) is 14.8 Å². The summed E-state index contributed by atoms with van der Waals surface area (Å²) in [6, 6.07) is 9.97. The molecule has 0 saturated carbocycles. The van der Waals surface area contributed by atoms with Crippen molar-refractivity contribution in [1.29, 1.82) is 0 Å². The Morgan fingerprint density at radius 3 is 2.48 bits per heavy atom. The fraction of sp³-hybridized carbons (Fsp3) is 0.350. The molecule has 7 nitrogen and oxygen atoms in total. The molecule has 3 rings (SSSR count). The highest BCUT2D eigenvalue weighted by Crippen LogP contribution is 2.23. The summed E-state index contributed by atoms with van der Waals surface area (Å²) in [5.74, 6) is -0.298. The maximum atomic E-state index is 12.6. The Hall–Kier alpha value is -2.23. The minimum absolute atomic E-state index is 0.0947. The highest BCUT2D eigenvalue weighted by atomic mass is 32.2. The van der Waals surface area contributed by atoms with Gasteiger partial charge in [-0.2, -0.15) is 4.31 Å². The number of benzene rings is 1. The number of nitrogens with zero attached hydrogens (tertiary/aromatic N) is 2. The van der Waals surface area contributed by atoms with E-state index in [1.165, 1.54) is 35.3 Å². The average molecular weight is 434 g/mol. The van der Waals surface area contributed by atoms with Crippen molar-refractivity contribution < 1.29 is 18.0 Å². The fourth-order valence-corrected chi connectivity index (χ4v) is 5.19. The third-order valence-electron chi connectivity index (χ3n) is 4.59. The third-order valence-corrected chi connectivity index (χ3v) is 7.42. The summed E-state index contributed by atoms with van der Waals surface area (Å²) in [4.78, 5) is 28.2. The van der Waals surface area contributed by atoms with Crippen LogP contribution in [0.2, 0.25) is 0 Å². The van der Waals surface area contributed by atoms with Crippen molar-refractivity contribution in [2.24, 2.45) is 0 Å². The van der Waals surface area contributed by atoms with E-state index in [1.54, 1.807) is 30.3 Å². The Morgan fingerprint density at radius 1 is 1.10 bits per heavy atom. The van der Waals surface area contributed by atoms with Crippen molar-refractivity contribution in [3.05, 3.63) is 48.2 Å². The minimum Gasteiger partial charge on any atom is -0.325 e. The van der Waals surface area contributed by atoms with Gasteiger partial charge in [-0.25, -0.2) is 13.4 Å². The normalized spacial score (nSPS) is 15.1. The molecule has 0 unspecified atom stereocenters. The number of ketones is 1. The molecule has 0 spiro atoms. The van der Waals surface area contributed by atoms with Crippen LogP contribution in [0.3, 0.4) is 0 Å². The summed E-state index contributed by atoms with van der Waals surface area (Å²) >= 11 is 1.20. The number of amides is 1. The molecule has 0 atom stereocenters.